The molecule has 1 atom stereocenters. The molecule has 0 aliphatic heterocycles. The zero-order valence-electron chi connectivity index (χ0n) is 11.5. The van der Waals surface area contributed by atoms with E-state index in [9.17, 15) is 8.78 Å². The molecule has 6 heteroatoms. The Hall–Kier alpha value is -0.203. The molecule has 1 aromatic rings. The predicted molar refractivity (Wildman–Crippen MR) is 78.5 cm³/mol. The molecule has 1 aliphatic carbocycles. The number of hydrogen-bond acceptors (Lipinski definition) is 1. The van der Waals surface area contributed by atoms with E-state index in [1.165, 1.54) is 0 Å². The normalized spacial score (nSPS) is 21.7. The van der Waals surface area contributed by atoms with Crippen LogP contribution in [-0.2, 0) is 11.5 Å². The van der Waals surface area contributed by atoms with Gasteiger partial charge in [-0.3, -0.25) is 0 Å². The number of halogens is 3. The van der Waals surface area contributed by atoms with Crippen LogP contribution >= 0.6 is 15.9 Å². The van der Waals surface area contributed by atoms with Gasteiger partial charge in [-0.05, 0) is 27.5 Å². The zero-order chi connectivity index (χ0) is 14.3. The summed E-state index contributed by atoms with van der Waals surface area (Å²) in [6.45, 7) is 8.07. The molecule has 108 valence electrons. The lowest BCUT2D eigenvalue weighted by molar-refractivity contribution is 0.0871. The maximum absolute atomic E-state index is 13.1. The van der Waals surface area contributed by atoms with Crippen molar-refractivity contribution in [3.05, 3.63) is 22.4 Å². The summed E-state index contributed by atoms with van der Waals surface area (Å²) in [5, 5.41) is 0. The van der Waals surface area contributed by atoms with Crippen molar-refractivity contribution in [2.45, 2.75) is 50.7 Å². The van der Waals surface area contributed by atoms with Gasteiger partial charge in [0.15, 0.2) is 0 Å². The molecule has 0 spiro atoms. The van der Waals surface area contributed by atoms with Gasteiger partial charge in [0.05, 0.1) is 5.92 Å². The molecule has 1 aromatic heterocycles. The van der Waals surface area contributed by atoms with Crippen molar-refractivity contribution in [2.75, 3.05) is 6.61 Å². The van der Waals surface area contributed by atoms with E-state index in [1.54, 1.807) is 6.20 Å². The van der Waals surface area contributed by atoms with E-state index < -0.39 is 19.9 Å². The SMILES string of the molecule is C[Si](C)(C)CCOCn1cc(Br)c(C2CC2(F)F)c1. The fourth-order valence-electron chi connectivity index (χ4n) is 1.93. The number of aromatic nitrogens is 1. The second-order valence-corrected chi connectivity index (χ2v) is 12.9. The Balaban J connectivity index is 1.84. The molecular formula is C13H20BrF2NOSi. The highest BCUT2D eigenvalue weighted by atomic mass is 79.9. The fourth-order valence-corrected chi connectivity index (χ4v) is 3.33. The van der Waals surface area contributed by atoms with Crippen LogP contribution in [0.25, 0.3) is 0 Å². The van der Waals surface area contributed by atoms with Crippen LogP contribution in [0.5, 0.6) is 0 Å². The minimum Gasteiger partial charge on any atom is -0.361 e. The Morgan fingerprint density at radius 3 is 2.58 bits per heavy atom. The van der Waals surface area contributed by atoms with Gasteiger partial charge in [0.2, 0.25) is 0 Å². The molecular weight excluding hydrogens is 332 g/mol. The number of rotatable bonds is 6. The highest BCUT2D eigenvalue weighted by Crippen LogP contribution is 2.57. The molecule has 0 bridgehead atoms. The summed E-state index contributed by atoms with van der Waals surface area (Å²) in [4.78, 5) is 0. The lowest BCUT2D eigenvalue weighted by atomic mass is 10.2. The first kappa shape index (κ1) is 15.2. The van der Waals surface area contributed by atoms with E-state index >= 15 is 0 Å². The van der Waals surface area contributed by atoms with E-state index in [1.807, 2.05) is 10.8 Å². The molecule has 1 aliphatic rings. The molecule has 1 fully saturated rings. The van der Waals surface area contributed by atoms with Gasteiger partial charge in [-0.15, -0.1) is 0 Å². The monoisotopic (exact) mass is 351 g/mol. The average Bonchev–Trinajstić information content (AvgIpc) is 2.72. The minimum atomic E-state index is -2.52. The van der Waals surface area contributed by atoms with Gasteiger partial charge in [0, 0.05) is 38.0 Å². The van der Waals surface area contributed by atoms with Crippen molar-refractivity contribution in [2.24, 2.45) is 0 Å². The summed E-state index contributed by atoms with van der Waals surface area (Å²) in [6, 6.07) is 1.11. The summed E-state index contributed by atoms with van der Waals surface area (Å²) >= 11 is 3.35. The fraction of sp³-hybridized carbons (Fsp3) is 0.692. The number of nitrogens with zero attached hydrogens (tertiary/aromatic N) is 1. The highest BCUT2D eigenvalue weighted by molar-refractivity contribution is 9.10. The van der Waals surface area contributed by atoms with Gasteiger partial charge in [0.25, 0.3) is 5.92 Å². The van der Waals surface area contributed by atoms with Gasteiger partial charge in [-0.25, -0.2) is 8.78 Å². The molecule has 1 unspecified atom stereocenters. The predicted octanol–water partition coefficient (Wildman–Crippen LogP) is 4.69. The maximum Gasteiger partial charge on any atom is 0.256 e. The van der Waals surface area contributed by atoms with Gasteiger partial charge < -0.3 is 9.30 Å². The summed E-state index contributed by atoms with van der Waals surface area (Å²) in [7, 11) is -1.07. The minimum absolute atomic E-state index is 0.0356. The molecule has 0 N–H and O–H groups in total. The summed E-state index contributed by atoms with van der Waals surface area (Å²) < 4.78 is 34.3. The third kappa shape index (κ3) is 4.13. The quantitative estimate of drug-likeness (QED) is 0.535. The van der Waals surface area contributed by atoms with Crippen LogP contribution in [-0.4, -0.2) is 25.2 Å². The summed E-state index contributed by atoms with van der Waals surface area (Å²) in [6.07, 6.45) is 3.55. The Kier molecular flexibility index (Phi) is 4.23. The van der Waals surface area contributed by atoms with Crippen molar-refractivity contribution < 1.29 is 13.5 Å². The molecule has 19 heavy (non-hydrogen) atoms. The van der Waals surface area contributed by atoms with Crippen LogP contribution in [0.3, 0.4) is 0 Å². The smallest absolute Gasteiger partial charge is 0.256 e. The van der Waals surface area contributed by atoms with E-state index in [4.69, 9.17) is 4.74 Å². The molecule has 0 saturated heterocycles. The summed E-state index contributed by atoms with van der Waals surface area (Å²) in [5.41, 5.74) is 0.693. The Labute approximate surface area is 122 Å². The molecule has 1 saturated carbocycles. The zero-order valence-corrected chi connectivity index (χ0v) is 14.1. The van der Waals surface area contributed by atoms with Crippen LogP contribution in [0.1, 0.15) is 17.9 Å². The van der Waals surface area contributed by atoms with Crippen molar-refractivity contribution >= 4 is 24.0 Å². The van der Waals surface area contributed by atoms with Crippen LogP contribution in [0.2, 0.25) is 25.7 Å². The van der Waals surface area contributed by atoms with Crippen LogP contribution in [0.15, 0.2) is 16.9 Å². The first-order valence-corrected chi connectivity index (χ1v) is 11.0. The summed E-state index contributed by atoms with van der Waals surface area (Å²) in [5.74, 6) is -3.14. The molecule has 0 amide bonds. The van der Waals surface area contributed by atoms with Crippen molar-refractivity contribution in [3.63, 3.8) is 0 Å². The first-order valence-electron chi connectivity index (χ1n) is 6.50. The van der Waals surface area contributed by atoms with Crippen LogP contribution in [0, 0.1) is 0 Å². The molecule has 1 heterocycles. The van der Waals surface area contributed by atoms with Gasteiger partial charge in [-0.1, -0.05) is 19.6 Å². The van der Waals surface area contributed by atoms with E-state index in [2.05, 4.69) is 35.6 Å². The highest BCUT2D eigenvalue weighted by Gasteiger charge is 2.58. The average molecular weight is 352 g/mol. The van der Waals surface area contributed by atoms with Gasteiger partial charge in [0.1, 0.15) is 6.73 Å². The Morgan fingerprint density at radius 2 is 2.05 bits per heavy atom. The van der Waals surface area contributed by atoms with Crippen LogP contribution < -0.4 is 0 Å². The first-order chi connectivity index (χ1) is 8.69. The Morgan fingerprint density at radius 1 is 1.42 bits per heavy atom. The van der Waals surface area contributed by atoms with Crippen LogP contribution in [0.4, 0.5) is 8.78 Å². The Bertz CT molecular complexity index is 456. The van der Waals surface area contributed by atoms with E-state index in [0.717, 1.165) is 17.1 Å². The molecule has 2 rings (SSSR count). The third-order valence-electron chi connectivity index (χ3n) is 3.30. The van der Waals surface area contributed by atoms with E-state index in [-0.39, 0.29) is 6.42 Å². The second kappa shape index (κ2) is 5.29. The van der Waals surface area contributed by atoms with Crippen molar-refractivity contribution in [1.82, 2.24) is 4.57 Å². The standard InChI is InChI=1S/C13H20BrF2NOSi/c1-19(2,3)5-4-18-9-17-7-10(12(14)8-17)11-6-13(11,15)16/h7-8,11H,4-6,9H2,1-3H3. The largest absolute Gasteiger partial charge is 0.361 e. The maximum atomic E-state index is 13.1. The number of hydrogen-bond donors (Lipinski definition) is 0. The molecule has 0 aromatic carbocycles. The third-order valence-corrected chi connectivity index (χ3v) is 5.66. The lowest BCUT2D eigenvalue weighted by Crippen LogP contribution is -2.21. The second-order valence-electron chi connectivity index (χ2n) is 6.44. The van der Waals surface area contributed by atoms with E-state index in [0.29, 0.717) is 12.3 Å². The topological polar surface area (TPSA) is 14.2 Å². The lowest BCUT2D eigenvalue weighted by Gasteiger charge is -2.15. The van der Waals surface area contributed by atoms with Crippen molar-refractivity contribution in [3.8, 4) is 0 Å². The number of ether oxygens (including phenoxy) is 1. The van der Waals surface area contributed by atoms with Gasteiger partial charge >= 0.3 is 0 Å². The van der Waals surface area contributed by atoms with Crippen molar-refractivity contribution in [1.29, 1.82) is 0 Å². The molecule has 2 nitrogen and oxygen atoms in total. The molecule has 0 radical (unpaired) electrons. The van der Waals surface area contributed by atoms with Gasteiger partial charge in [-0.2, -0.15) is 0 Å². The number of alkyl halides is 2.